The zero-order valence-corrected chi connectivity index (χ0v) is 9.27. The van der Waals surface area contributed by atoms with Gasteiger partial charge in [-0.15, -0.1) is 0 Å². The van der Waals surface area contributed by atoms with E-state index in [2.05, 4.69) is 15.2 Å². The molecular formula is C6H10F3N5O2S. The molecule has 0 saturated carbocycles. The lowest BCUT2D eigenvalue weighted by atomic mass is 10.4. The van der Waals surface area contributed by atoms with Crippen LogP contribution in [0.4, 0.5) is 13.2 Å². The van der Waals surface area contributed by atoms with Crippen LogP contribution in [0.5, 0.6) is 0 Å². The Morgan fingerprint density at radius 2 is 2.06 bits per heavy atom. The van der Waals surface area contributed by atoms with E-state index in [1.54, 1.807) is 0 Å². The van der Waals surface area contributed by atoms with Crippen LogP contribution >= 0.6 is 0 Å². The summed E-state index contributed by atoms with van der Waals surface area (Å²) >= 11 is 0. The van der Waals surface area contributed by atoms with E-state index in [4.69, 9.17) is 0 Å². The monoisotopic (exact) mass is 273 g/mol. The zero-order valence-electron chi connectivity index (χ0n) is 8.45. The minimum Gasteiger partial charge on any atom is -0.263 e. The van der Waals surface area contributed by atoms with Crippen LogP contribution < -0.4 is 9.44 Å². The normalized spacial score (nSPS) is 12.9. The third kappa shape index (κ3) is 6.19. The highest BCUT2D eigenvalue weighted by molar-refractivity contribution is 7.87. The molecule has 0 aliphatic carbocycles. The lowest BCUT2D eigenvalue weighted by Crippen LogP contribution is -2.42. The number of rotatable bonds is 6. The number of alkyl halides is 3. The smallest absolute Gasteiger partial charge is 0.263 e. The maximum absolute atomic E-state index is 11.8. The standard InChI is InChI=1S/C6H10F3N5O2S/c7-6(8,9)3-13-17(15,16)12-2-1-5-10-4-11-14-5/h4,12-13H,1-3H2,(H,10,11,14). The van der Waals surface area contributed by atoms with Crippen LogP contribution in [0.2, 0.25) is 0 Å². The Morgan fingerprint density at radius 1 is 1.35 bits per heavy atom. The summed E-state index contributed by atoms with van der Waals surface area (Å²) in [6.07, 6.45) is -3.14. The number of halogens is 3. The maximum atomic E-state index is 11.8. The Morgan fingerprint density at radius 3 is 2.59 bits per heavy atom. The molecule has 11 heteroatoms. The molecule has 7 nitrogen and oxygen atoms in total. The lowest BCUT2D eigenvalue weighted by Gasteiger charge is -2.09. The third-order valence-electron chi connectivity index (χ3n) is 1.58. The van der Waals surface area contributed by atoms with Crippen LogP contribution in [-0.4, -0.2) is 42.9 Å². The summed E-state index contributed by atoms with van der Waals surface area (Å²) in [5.41, 5.74) is 0. The van der Waals surface area contributed by atoms with Crippen molar-refractivity contribution in [2.45, 2.75) is 12.6 Å². The Balaban J connectivity index is 2.30. The van der Waals surface area contributed by atoms with Crippen molar-refractivity contribution >= 4 is 10.2 Å². The van der Waals surface area contributed by atoms with Gasteiger partial charge in [-0.25, -0.2) is 9.71 Å². The lowest BCUT2D eigenvalue weighted by molar-refractivity contribution is -0.121. The van der Waals surface area contributed by atoms with E-state index in [1.165, 1.54) is 11.0 Å². The van der Waals surface area contributed by atoms with Crippen LogP contribution in [0.3, 0.4) is 0 Å². The highest BCUT2D eigenvalue weighted by Gasteiger charge is 2.29. The van der Waals surface area contributed by atoms with E-state index in [-0.39, 0.29) is 13.0 Å². The van der Waals surface area contributed by atoms with Crippen molar-refractivity contribution in [1.82, 2.24) is 24.6 Å². The first-order valence-electron chi connectivity index (χ1n) is 4.44. The molecule has 0 radical (unpaired) electrons. The van der Waals surface area contributed by atoms with Gasteiger partial charge >= 0.3 is 6.18 Å². The van der Waals surface area contributed by atoms with Gasteiger partial charge in [-0.2, -0.15) is 31.4 Å². The van der Waals surface area contributed by atoms with E-state index in [1.807, 2.05) is 4.72 Å². The van der Waals surface area contributed by atoms with Crippen molar-refractivity contribution in [3.63, 3.8) is 0 Å². The number of nitrogens with one attached hydrogen (secondary N) is 3. The van der Waals surface area contributed by atoms with Gasteiger partial charge in [-0.05, 0) is 0 Å². The van der Waals surface area contributed by atoms with Crippen molar-refractivity contribution in [2.24, 2.45) is 0 Å². The van der Waals surface area contributed by atoms with Crippen molar-refractivity contribution in [3.8, 4) is 0 Å². The molecule has 98 valence electrons. The number of aromatic amines is 1. The van der Waals surface area contributed by atoms with Crippen molar-refractivity contribution in [2.75, 3.05) is 13.1 Å². The predicted molar refractivity (Wildman–Crippen MR) is 51.1 cm³/mol. The highest BCUT2D eigenvalue weighted by atomic mass is 32.2. The average molecular weight is 273 g/mol. The molecule has 1 aromatic rings. The van der Waals surface area contributed by atoms with Crippen LogP contribution in [-0.2, 0) is 16.6 Å². The first-order valence-corrected chi connectivity index (χ1v) is 5.92. The fourth-order valence-corrected chi connectivity index (χ4v) is 1.71. The quantitative estimate of drug-likeness (QED) is 0.640. The molecule has 0 amide bonds. The number of hydrogen-bond acceptors (Lipinski definition) is 4. The summed E-state index contributed by atoms with van der Waals surface area (Å²) < 4.78 is 60.6. The minimum atomic E-state index is -4.58. The molecule has 0 aliphatic rings. The van der Waals surface area contributed by atoms with Crippen molar-refractivity contribution in [3.05, 3.63) is 12.2 Å². The molecule has 0 atom stereocenters. The highest BCUT2D eigenvalue weighted by Crippen LogP contribution is 2.12. The van der Waals surface area contributed by atoms with Gasteiger partial charge < -0.3 is 0 Å². The molecule has 0 saturated heterocycles. The summed E-state index contributed by atoms with van der Waals surface area (Å²) in [4.78, 5) is 3.72. The minimum absolute atomic E-state index is 0.0810. The molecule has 0 spiro atoms. The molecule has 1 aromatic heterocycles. The van der Waals surface area contributed by atoms with Crippen LogP contribution in [0.1, 0.15) is 5.82 Å². The molecule has 1 rings (SSSR count). The Hall–Kier alpha value is -1.20. The number of hydrogen-bond donors (Lipinski definition) is 3. The van der Waals surface area contributed by atoms with Crippen molar-refractivity contribution in [1.29, 1.82) is 0 Å². The Labute approximate surface area is 95.0 Å². The van der Waals surface area contributed by atoms with Gasteiger partial charge in [0.05, 0.1) is 0 Å². The molecule has 0 unspecified atom stereocenters. The van der Waals surface area contributed by atoms with Gasteiger partial charge in [-0.1, -0.05) is 0 Å². The van der Waals surface area contributed by atoms with Gasteiger partial charge in [0.2, 0.25) is 0 Å². The maximum Gasteiger partial charge on any atom is 0.402 e. The summed E-state index contributed by atoms with van der Waals surface area (Å²) in [5.74, 6) is 0.434. The zero-order chi connectivity index (χ0) is 12.9. The molecule has 1 heterocycles. The van der Waals surface area contributed by atoms with E-state index >= 15 is 0 Å². The predicted octanol–water partition coefficient (Wildman–Crippen LogP) is -0.667. The van der Waals surface area contributed by atoms with E-state index in [0.29, 0.717) is 5.82 Å². The van der Waals surface area contributed by atoms with Gasteiger partial charge in [0.15, 0.2) is 0 Å². The van der Waals surface area contributed by atoms with Gasteiger partial charge in [-0.3, -0.25) is 5.10 Å². The van der Waals surface area contributed by atoms with Crippen LogP contribution in [0.15, 0.2) is 6.33 Å². The van der Waals surface area contributed by atoms with Gasteiger partial charge in [0, 0.05) is 13.0 Å². The Bertz CT molecular complexity index is 429. The fraction of sp³-hybridized carbons (Fsp3) is 0.667. The van der Waals surface area contributed by atoms with E-state index < -0.39 is 22.9 Å². The summed E-state index contributed by atoms with van der Waals surface area (Å²) in [6.45, 7) is -1.69. The molecule has 0 fully saturated rings. The Kier molecular flexibility index (Phi) is 4.42. The van der Waals surface area contributed by atoms with Crippen molar-refractivity contribution < 1.29 is 21.6 Å². The fourth-order valence-electron chi connectivity index (χ4n) is 0.883. The topological polar surface area (TPSA) is 99.8 Å². The molecule has 3 N–H and O–H groups in total. The van der Waals surface area contributed by atoms with Gasteiger partial charge in [0.1, 0.15) is 18.7 Å². The summed E-state index contributed by atoms with van der Waals surface area (Å²) in [5, 5.41) is 6.01. The van der Waals surface area contributed by atoms with Gasteiger partial charge in [0.25, 0.3) is 10.2 Å². The largest absolute Gasteiger partial charge is 0.402 e. The van der Waals surface area contributed by atoms with Crippen LogP contribution in [0.25, 0.3) is 0 Å². The molecular weight excluding hydrogens is 263 g/mol. The number of H-pyrrole nitrogens is 1. The molecule has 0 aliphatic heterocycles. The SMILES string of the molecule is O=S(=O)(NCCc1ncn[nH]1)NCC(F)(F)F. The molecule has 0 bridgehead atoms. The second-order valence-electron chi connectivity index (χ2n) is 3.02. The second-order valence-corrected chi connectivity index (χ2v) is 4.60. The van der Waals surface area contributed by atoms with E-state index in [9.17, 15) is 21.6 Å². The van der Waals surface area contributed by atoms with E-state index in [0.717, 1.165) is 0 Å². The number of aromatic nitrogens is 3. The summed E-state index contributed by atoms with van der Waals surface area (Å²) in [7, 11) is -4.15. The molecule has 17 heavy (non-hydrogen) atoms. The summed E-state index contributed by atoms with van der Waals surface area (Å²) in [6, 6.07) is 0. The first-order chi connectivity index (χ1) is 7.79. The molecule has 0 aromatic carbocycles. The number of nitrogens with zero attached hydrogens (tertiary/aromatic N) is 2. The van der Waals surface area contributed by atoms with Crippen LogP contribution in [0, 0.1) is 0 Å². The third-order valence-corrected chi connectivity index (χ3v) is 2.69. The average Bonchev–Trinajstić information content (AvgIpc) is 2.67. The first kappa shape index (κ1) is 13.9. The second kappa shape index (κ2) is 5.42.